The van der Waals surface area contributed by atoms with Crippen LogP contribution in [0.25, 0.3) is 0 Å². The van der Waals surface area contributed by atoms with Crippen LogP contribution in [0.5, 0.6) is 0 Å². The van der Waals surface area contributed by atoms with Crippen LogP contribution < -0.4 is 5.32 Å². The molecule has 1 N–H and O–H groups in total. The SMILES string of the molecule is Cc1nc(C2(NC(=O)CN3C(=O)C4CCCCC4C3=O)CCCC2)no1. The Hall–Kier alpha value is -2.25. The monoisotopic (exact) mass is 360 g/mol. The number of imide groups is 1. The lowest BCUT2D eigenvalue weighted by Gasteiger charge is -2.27. The van der Waals surface area contributed by atoms with E-state index in [1.807, 2.05) is 0 Å². The number of aromatic nitrogens is 2. The van der Waals surface area contributed by atoms with E-state index in [0.717, 1.165) is 56.3 Å². The van der Waals surface area contributed by atoms with E-state index in [0.29, 0.717) is 11.7 Å². The Morgan fingerprint density at radius 3 is 2.31 bits per heavy atom. The number of hydrogen-bond acceptors (Lipinski definition) is 6. The standard InChI is InChI=1S/C18H24N4O4/c1-11-19-17(21-26-11)18(8-4-5-9-18)20-14(23)10-22-15(24)12-6-2-3-7-13(12)16(22)25/h12-13H,2-10H2,1H3,(H,20,23). The number of carbonyl (C=O) groups excluding carboxylic acids is 3. The van der Waals surface area contributed by atoms with Gasteiger partial charge in [0.1, 0.15) is 12.1 Å². The van der Waals surface area contributed by atoms with Crippen molar-refractivity contribution < 1.29 is 18.9 Å². The van der Waals surface area contributed by atoms with Crippen LogP contribution in [0.3, 0.4) is 0 Å². The number of nitrogens with zero attached hydrogens (tertiary/aromatic N) is 3. The molecule has 0 spiro atoms. The van der Waals surface area contributed by atoms with Crippen molar-refractivity contribution in [2.45, 2.75) is 63.8 Å². The number of aryl methyl sites for hydroxylation is 1. The van der Waals surface area contributed by atoms with Crippen LogP contribution in [0.2, 0.25) is 0 Å². The summed E-state index contributed by atoms with van der Waals surface area (Å²) in [5.41, 5.74) is -0.659. The second kappa shape index (κ2) is 6.48. The summed E-state index contributed by atoms with van der Waals surface area (Å²) in [4.78, 5) is 43.3. The van der Waals surface area contributed by atoms with Crippen molar-refractivity contribution in [2.24, 2.45) is 11.8 Å². The maximum atomic E-state index is 12.7. The third kappa shape index (κ3) is 2.81. The van der Waals surface area contributed by atoms with Gasteiger partial charge in [-0.1, -0.05) is 30.8 Å². The second-order valence-electron chi connectivity index (χ2n) is 7.73. The molecule has 1 saturated heterocycles. The van der Waals surface area contributed by atoms with Gasteiger partial charge in [-0.15, -0.1) is 0 Å². The molecule has 2 atom stereocenters. The van der Waals surface area contributed by atoms with Gasteiger partial charge in [-0.3, -0.25) is 19.3 Å². The van der Waals surface area contributed by atoms with Crippen LogP contribution >= 0.6 is 0 Å². The van der Waals surface area contributed by atoms with E-state index in [2.05, 4.69) is 15.5 Å². The van der Waals surface area contributed by atoms with E-state index >= 15 is 0 Å². The Labute approximate surface area is 151 Å². The third-order valence-corrected chi connectivity index (χ3v) is 6.03. The molecule has 0 bridgehead atoms. The van der Waals surface area contributed by atoms with Gasteiger partial charge in [0, 0.05) is 6.92 Å². The maximum Gasteiger partial charge on any atom is 0.240 e. The summed E-state index contributed by atoms with van der Waals surface area (Å²) in [6, 6.07) is 0. The van der Waals surface area contributed by atoms with Gasteiger partial charge < -0.3 is 9.84 Å². The summed E-state index contributed by atoms with van der Waals surface area (Å²) in [6.07, 6.45) is 6.81. The first-order chi connectivity index (χ1) is 12.5. The Kier molecular flexibility index (Phi) is 4.28. The van der Waals surface area contributed by atoms with Crippen LogP contribution in [0.4, 0.5) is 0 Å². The summed E-state index contributed by atoms with van der Waals surface area (Å²) < 4.78 is 5.08. The molecule has 140 valence electrons. The van der Waals surface area contributed by atoms with Crippen LogP contribution in [0.1, 0.15) is 63.1 Å². The molecule has 2 unspecified atom stereocenters. The number of fused-ring (bicyclic) bond motifs is 1. The van der Waals surface area contributed by atoms with E-state index in [4.69, 9.17) is 4.52 Å². The third-order valence-electron chi connectivity index (χ3n) is 6.03. The van der Waals surface area contributed by atoms with Crippen molar-refractivity contribution in [3.8, 4) is 0 Å². The molecule has 1 aromatic rings. The Morgan fingerprint density at radius 1 is 1.15 bits per heavy atom. The van der Waals surface area contributed by atoms with E-state index < -0.39 is 5.54 Å². The molecule has 8 nitrogen and oxygen atoms in total. The highest BCUT2D eigenvalue weighted by molar-refractivity contribution is 6.07. The molecule has 3 amide bonds. The van der Waals surface area contributed by atoms with Crippen molar-refractivity contribution in [1.29, 1.82) is 0 Å². The van der Waals surface area contributed by atoms with E-state index in [-0.39, 0.29) is 36.1 Å². The quantitative estimate of drug-likeness (QED) is 0.815. The largest absolute Gasteiger partial charge is 0.342 e. The minimum atomic E-state index is -0.659. The molecule has 4 rings (SSSR count). The number of likely N-dealkylation sites (tertiary alicyclic amines) is 1. The summed E-state index contributed by atoms with van der Waals surface area (Å²) in [7, 11) is 0. The Bertz CT molecular complexity index is 713. The molecule has 2 heterocycles. The number of amides is 3. The fraction of sp³-hybridized carbons (Fsp3) is 0.722. The van der Waals surface area contributed by atoms with E-state index in [1.54, 1.807) is 6.92 Å². The van der Waals surface area contributed by atoms with Crippen LogP contribution in [-0.4, -0.2) is 39.3 Å². The Morgan fingerprint density at radius 2 is 1.77 bits per heavy atom. The number of hydrogen-bond donors (Lipinski definition) is 1. The second-order valence-corrected chi connectivity index (χ2v) is 7.73. The lowest BCUT2D eigenvalue weighted by molar-refractivity contribution is -0.144. The fourth-order valence-electron chi connectivity index (χ4n) is 4.71. The molecule has 3 fully saturated rings. The summed E-state index contributed by atoms with van der Waals surface area (Å²) in [5, 5.41) is 7.00. The average molecular weight is 360 g/mol. The zero-order valence-corrected chi connectivity index (χ0v) is 15.0. The highest BCUT2D eigenvalue weighted by Crippen LogP contribution is 2.39. The summed E-state index contributed by atoms with van der Waals surface area (Å²) in [6.45, 7) is 1.49. The van der Waals surface area contributed by atoms with Gasteiger partial charge in [0.2, 0.25) is 23.6 Å². The topological polar surface area (TPSA) is 105 Å². The molecule has 2 saturated carbocycles. The predicted octanol–water partition coefficient (Wildman–Crippen LogP) is 1.44. The lowest BCUT2D eigenvalue weighted by Crippen LogP contribution is -2.49. The smallest absolute Gasteiger partial charge is 0.240 e. The molecule has 0 aromatic carbocycles. The summed E-state index contributed by atoms with van der Waals surface area (Å²) >= 11 is 0. The fourth-order valence-corrected chi connectivity index (χ4v) is 4.71. The normalized spacial score (nSPS) is 27.7. The van der Waals surface area contributed by atoms with Gasteiger partial charge in [-0.2, -0.15) is 4.98 Å². The van der Waals surface area contributed by atoms with Crippen molar-refractivity contribution in [2.75, 3.05) is 6.54 Å². The van der Waals surface area contributed by atoms with Gasteiger partial charge in [0.25, 0.3) is 0 Å². The average Bonchev–Trinajstić information content (AvgIpc) is 3.32. The zero-order valence-electron chi connectivity index (χ0n) is 15.0. The molecule has 26 heavy (non-hydrogen) atoms. The number of rotatable bonds is 4. The predicted molar refractivity (Wildman–Crippen MR) is 89.5 cm³/mol. The first kappa shape index (κ1) is 17.2. The zero-order chi connectivity index (χ0) is 18.3. The molecular formula is C18H24N4O4. The van der Waals surface area contributed by atoms with Gasteiger partial charge >= 0.3 is 0 Å². The molecule has 1 aliphatic heterocycles. The van der Waals surface area contributed by atoms with Gasteiger partial charge in [0.15, 0.2) is 5.82 Å². The van der Waals surface area contributed by atoms with Crippen molar-refractivity contribution in [3.63, 3.8) is 0 Å². The highest BCUT2D eigenvalue weighted by atomic mass is 16.5. The Balaban J connectivity index is 1.48. The van der Waals surface area contributed by atoms with Crippen molar-refractivity contribution in [1.82, 2.24) is 20.4 Å². The van der Waals surface area contributed by atoms with Crippen LogP contribution in [-0.2, 0) is 19.9 Å². The molecule has 1 aromatic heterocycles. The summed E-state index contributed by atoms with van der Waals surface area (Å²) in [5.74, 6) is -0.247. The van der Waals surface area contributed by atoms with Gasteiger partial charge in [-0.05, 0) is 25.7 Å². The van der Waals surface area contributed by atoms with Crippen LogP contribution in [0, 0.1) is 18.8 Å². The first-order valence-electron chi connectivity index (χ1n) is 9.47. The van der Waals surface area contributed by atoms with Crippen molar-refractivity contribution in [3.05, 3.63) is 11.7 Å². The van der Waals surface area contributed by atoms with Crippen LogP contribution in [0.15, 0.2) is 4.52 Å². The molecule has 3 aliphatic rings. The maximum absolute atomic E-state index is 12.7. The molecular weight excluding hydrogens is 336 g/mol. The van der Waals surface area contributed by atoms with Gasteiger partial charge in [0.05, 0.1) is 11.8 Å². The van der Waals surface area contributed by atoms with E-state index in [1.165, 1.54) is 0 Å². The van der Waals surface area contributed by atoms with Gasteiger partial charge in [-0.25, -0.2) is 0 Å². The minimum absolute atomic E-state index is 0.189. The minimum Gasteiger partial charge on any atom is -0.342 e. The highest BCUT2D eigenvalue weighted by Gasteiger charge is 2.49. The molecule has 0 radical (unpaired) electrons. The molecule has 2 aliphatic carbocycles. The first-order valence-corrected chi connectivity index (χ1v) is 9.47. The molecule has 8 heteroatoms. The van der Waals surface area contributed by atoms with E-state index in [9.17, 15) is 14.4 Å². The van der Waals surface area contributed by atoms with Crippen molar-refractivity contribution >= 4 is 17.7 Å². The number of carbonyl (C=O) groups is 3. The lowest BCUT2D eigenvalue weighted by atomic mass is 9.81. The number of nitrogens with one attached hydrogen (secondary N) is 1.